The molecule has 0 aromatic heterocycles. The Bertz CT molecular complexity index is 447. The van der Waals surface area contributed by atoms with Crippen LogP contribution in [-0.2, 0) is 4.79 Å². The van der Waals surface area contributed by atoms with Crippen LogP contribution in [0.3, 0.4) is 0 Å². The van der Waals surface area contributed by atoms with Crippen LogP contribution in [0.15, 0.2) is 0 Å². The number of aliphatic carboxylic acids is 1. The standard InChI is InChI=1S/C16H33NO2.C14H31NO/c1-4-5-6-7-8-9-10-11-12-13-14-17(2,3)15-16(18)19;1-4-5-6-7-8-9-10-11-12-13-14-15(2,3)16/h4-15H2,1-3H3;4-14H2,1-3H3/p+1. The summed E-state index contributed by atoms with van der Waals surface area (Å²) in [7, 11) is 7.46. The first-order valence-electron chi connectivity index (χ1n) is 15.1. The fourth-order valence-electron chi connectivity index (χ4n) is 4.45. The molecule has 0 aliphatic carbocycles. The van der Waals surface area contributed by atoms with E-state index in [0.29, 0.717) is 4.48 Å². The minimum absolute atomic E-state index is 0.128. The van der Waals surface area contributed by atoms with Crippen molar-refractivity contribution in [1.29, 1.82) is 0 Å². The van der Waals surface area contributed by atoms with E-state index in [0.717, 1.165) is 25.9 Å². The van der Waals surface area contributed by atoms with Crippen molar-refractivity contribution in [3.8, 4) is 0 Å². The maximum absolute atomic E-state index is 11.3. The lowest BCUT2D eigenvalue weighted by Crippen LogP contribution is -2.44. The highest BCUT2D eigenvalue weighted by Gasteiger charge is 2.18. The van der Waals surface area contributed by atoms with Gasteiger partial charge in [-0.2, -0.15) is 0 Å². The number of quaternary nitrogens is 2. The summed E-state index contributed by atoms with van der Waals surface area (Å²) in [5.41, 5.74) is 0. The topological polar surface area (TPSA) is 60.4 Å². The molecule has 0 aliphatic rings. The summed E-state index contributed by atoms with van der Waals surface area (Å²) in [5, 5.41) is 20.1. The summed E-state index contributed by atoms with van der Waals surface area (Å²) >= 11 is 0. The molecule has 5 nitrogen and oxygen atoms in total. The molecule has 0 radical (unpaired) electrons. The Morgan fingerprint density at radius 3 is 1.11 bits per heavy atom. The summed E-state index contributed by atoms with van der Waals surface area (Å²) in [6.45, 7) is 6.50. The molecule has 0 bridgehead atoms. The summed E-state index contributed by atoms with van der Waals surface area (Å²) in [4.78, 5) is 10.7. The molecule has 0 unspecified atom stereocenters. The Morgan fingerprint density at radius 1 is 0.543 bits per heavy atom. The van der Waals surface area contributed by atoms with Gasteiger partial charge in [0.2, 0.25) is 0 Å². The predicted molar refractivity (Wildman–Crippen MR) is 154 cm³/mol. The molecule has 0 amide bonds. The molecule has 0 aliphatic heterocycles. The zero-order valence-corrected chi connectivity index (χ0v) is 24.9. The van der Waals surface area contributed by atoms with E-state index in [1.807, 2.05) is 14.1 Å². The molecular formula is C30H65N2O3+. The van der Waals surface area contributed by atoms with Gasteiger partial charge in [-0.25, -0.2) is 4.79 Å². The van der Waals surface area contributed by atoms with Gasteiger partial charge in [0.25, 0.3) is 0 Å². The van der Waals surface area contributed by atoms with Crippen LogP contribution in [0.5, 0.6) is 0 Å². The second-order valence-electron chi connectivity index (χ2n) is 11.9. The highest BCUT2D eigenvalue weighted by atomic mass is 16.5. The van der Waals surface area contributed by atoms with Crippen LogP contribution in [0.25, 0.3) is 0 Å². The number of hydroxylamine groups is 3. The number of rotatable bonds is 24. The van der Waals surface area contributed by atoms with E-state index in [4.69, 9.17) is 5.11 Å². The molecule has 0 saturated heterocycles. The first kappa shape index (κ1) is 36.5. The third kappa shape index (κ3) is 35.6. The van der Waals surface area contributed by atoms with E-state index in [1.165, 1.54) is 116 Å². The molecule has 0 saturated carbocycles. The number of likely N-dealkylation sites (N-methyl/N-ethyl adjacent to an activating group) is 1. The minimum Gasteiger partial charge on any atom is -0.633 e. The number of hydrogen-bond donors (Lipinski definition) is 1. The third-order valence-electron chi connectivity index (χ3n) is 6.73. The SMILES string of the molecule is CCCCCCCCCCCC[N+](C)(C)CC(=O)O.CCCCCCCCCCCC[N+](C)(C)[O-]. The number of carbonyl (C=O) groups is 1. The van der Waals surface area contributed by atoms with Crippen molar-refractivity contribution in [2.75, 3.05) is 47.8 Å². The lowest BCUT2D eigenvalue weighted by atomic mass is 10.1. The predicted octanol–water partition coefficient (Wildman–Crippen LogP) is 8.55. The number of carboxylic acids is 1. The van der Waals surface area contributed by atoms with Crippen LogP contribution in [-0.4, -0.2) is 68.0 Å². The highest BCUT2D eigenvalue weighted by molar-refractivity contribution is 5.67. The Hall–Kier alpha value is -0.650. The van der Waals surface area contributed by atoms with Crippen LogP contribution in [0.4, 0.5) is 0 Å². The molecule has 1 N–H and O–H groups in total. The van der Waals surface area contributed by atoms with Gasteiger partial charge in [0.1, 0.15) is 0 Å². The van der Waals surface area contributed by atoms with E-state index >= 15 is 0 Å². The fourth-order valence-corrected chi connectivity index (χ4v) is 4.45. The van der Waals surface area contributed by atoms with Crippen molar-refractivity contribution in [1.82, 2.24) is 0 Å². The molecule has 0 heterocycles. The van der Waals surface area contributed by atoms with Crippen molar-refractivity contribution in [3.63, 3.8) is 0 Å². The average Bonchev–Trinajstić information content (AvgIpc) is 2.75. The van der Waals surface area contributed by atoms with Gasteiger partial charge in [0, 0.05) is 0 Å². The highest BCUT2D eigenvalue weighted by Crippen LogP contribution is 2.12. The molecule has 35 heavy (non-hydrogen) atoms. The normalized spacial score (nSPS) is 11.9. The lowest BCUT2D eigenvalue weighted by Gasteiger charge is -2.33. The molecule has 0 atom stereocenters. The average molecular weight is 502 g/mol. The Labute approximate surface area is 220 Å². The second kappa shape index (κ2) is 25.0. The molecule has 0 aromatic carbocycles. The van der Waals surface area contributed by atoms with Gasteiger partial charge in [-0.1, -0.05) is 117 Å². The summed E-state index contributed by atoms with van der Waals surface area (Å²) in [6, 6.07) is 0. The van der Waals surface area contributed by atoms with Gasteiger partial charge >= 0.3 is 5.97 Å². The molecule has 0 aromatic rings. The van der Waals surface area contributed by atoms with Crippen molar-refractivity contribution in [3.05, 3.63) is 5.21 Å². The lowest BCUT2D eigenvalue weighted by molar-refractivity contribution is -0.883. The zero-order valence-electron chi connectivity index (χ0n) is 24.9. The monoisotopic (exact) mass is 501 g/mol. The van der Waals surface area contributed by atoms with E-state index < -0.39 is 5.97 Å². The first-order valence-corrected chi connectivity index (χ1v) is 15.1. The van der Waals surface area contributed by atoms with E-state index in [2.05, 4.69) is 13.8 Å². The Balaban J connectivity index is 0. The number of unbranched alkanes of at least 4 members (excludes halogenated alkanes) is 18. The zero-order chi connectivity index (χ0) is 26.8. The fraction of sp³-hybridized carbons (Fsp3) is 0.967. The van der Waals surface area contributed by atoms with Gasteiger partial charge in [0.05, 0.1) is 41.3 Å². The smallest absolute Gasteiger partial charge is 0.359 e. The van der Waals surface area contributed by atoms with Crippen LogP contribution < -0.4 is 0 Å². The van der Waals surface area contributed by atoms with Crippen LogP contribution in [0.2, 0.25) is 0 Å². The largest absolute Gasteiger partial charge is 0.633 e. The van der Waals surface area contributed by atoms with E-state index in [1.54, 1.807) is 14.1 Å². The number of carboxylic acid groups (broad SMARTS) is 1. The van der Waals surface area contributed by atoms with Crippen LogP contribution in [0, 0.1) is 5.21 Å². The molecule has 0 fully saturated rings. The quantitative estimate of drug-likeness (QED) is 0.0818. The van der Waals surface area contributed by atoms with Gasteiger partial charge < -0.3 is 19.4 Å². The Kier molecular flexibility index (Phi) is 26.1. The molecule has 212 valence electrons. The summed E-state index contributed by atoms with van der Waals surface area (Å²) in [5.74, 6) is -0.697. The summed E-state index contributed by atoms with van der Waals surface area (Å²) in [6.07, 6.45) is 26.7. The number of nitrogens with zero attached hydrogens (tertiary/aromatic N) is 2. The summed E-state index contributed by atoms with van der Waals surface area (Å²) < 4.78 is 0.476. The maximum atomic E-state index is 11.3. The van der Waals surface area contributed by atoms with Crippen molar-refractivity contribution in [2.45, 2.75) is 142 Å². The molecule has 0 rings (SSSR count). The van der Waals surface area contributed by atoms with Gasteiger partial charge in [-0.3, -0.25) is 0 Å². The van der Waals surface area contributed by atoms with Crippen LogP contribution in [0.1, 0.15) is 142 Å². The molecular weight excluding hydrogens is 436 g/mol. The molecule has 0 spiro atoms. The van der Waals surface area contributed by atoms with Crippen LogP contribution >= 0.6 is 0 Å². The van der Waals surface area contributed by atoms with E-state index in [-0.39, 0.29) is 11.2 Å². The number of hydrogen-bond acceptors (Lipinski definition) is 2. The van der Waals surface area contributed by atoms with Crippen molar-refractivity contribution < 1.29 is 19.0 Å². The van der Waals surface area contributed by atoms with Crippen molar-refractivity contribution >= 4 is 5.97 Å². The van der Waals surface area contributed by atoms with Crippen molar-refractivity contribution in [2.24, 2.45) is 0 Å². The second-order valence-corrected chi connectivity index (χ2v) is 11.9. The minimum atomic E-state index is -0.697. The maximum Gasteiger partial charge on any atom is 0.359 e. The van der Waals surface area contributed by atoms with Gasteiger partial charge in [-0.05, 0) is 25.7 Å². The van der Waals surface area contributed by atoms with Gasteiger partial charge in [-0.15, -0.1) is 0 Å². The first-order chi connectivity index (χ1) is 16.5. The third-order valence-corrected chi connectivity index (χ3v) is 6.73. The Morgan fingerprint density at radius 2 is 0.829 bits per heavy atom. The molecule has 5 heteroatoms. The van der Waals surface area contributed by atoms with Gasteiger partial charge in [0.15, 0.2) is 6.54 Å². The van der Waals surface area contributed by atoms with E-state index in [9.17, 15) is 10.0 Å².